The minimum absolute atomic E-state index is 0.290. The van der Waals surface area contributed by atoms with E-state index in [4.69, 9.17) is 22.1 Å². The van der Waals surface area contributed by atoms with E-state index >= 15 is 0 Å². The zero-order chi connectivity index (χ0) is 18.9. The summed E-state index contributed by atoms with van der Waals surface area (Å²) in [6.07, 6.45) is 2.29. The number of nitrogens with zero attached hydrogens (tertiary/aromatic N) is 1. The third-order valence-electron chi connectivity index (χ3n) is 3.80. The summed E-state index contributed by atoms with van der Waals surface area (Å²) >= 11 is 6.01. The maximum Gasteiger partial charge on any atom is 0.407 e. The van der Waals surface area contributed by atoms with Crippen LogP contribution in [0.3, 0.4) is 0 Å². The number of aromatic nitrogens is 1. The van der Waals surface area contributed by atoms with Crippen molar-refractivity contribution in [3.8, 4) is 0 Å². The molecule has 0 radical (unpaired) electrons. The van der Waals surface area contributed by atoms with Gasteiger partial charge in [-0.1, -0.05) is 37.1 Å². The number of aryl methyl sites for hydroxylation is 1. The normalized spacial score (nSPS) is 10.4. The number of halogens is 1. The summed E-state index contributed by atoms with van der Waals surface area (Å²) in [5, 5.41) is 6.25. The van der Waals surface area contributed by atoms with Gasteiger partial charge in [0.15, 0.2) is 5.15 Å². The number of rotatable bonds is 8. The molecular formula is C19H25ClN4O2. The van der Waals surface area contributed by atoms with Crippen molar-refractivity contribution in [1.29, 1.82) is 0 Å². The van der Waals surface area contributed by atoms with Crippen LogP contribution in [-0.2, 0) is 11.2 Å². The van der Waals surface area contributed by atoms with Crippen molar-refractivity contribution >= 4 is 34.8 Å². The number of hydrogen-bond donors (Lipinski definition) is 3. The van der Waals surface area contributed by atoms with Gasteiger partial charge in [0.05, 0.1) is 18.0 Å². The summed E-state index contributed by atoms with van der Waals surface area (Å²) in [6.45, 7) is 4.93. The Labute approximate surface area is 159 Å². The molecule has 26 heavy (non-hydrogen) atoms. The third-order valence-corrected chi connectivity index (χ3v) is 4.08. The second-order valence-electron chi connectivity index (χ2n) is 6.00. The highest BCUT2D eigenvalue weighted by Crippen LogP contribution is 2.29. The molecular weight excluding hydrogens is 352 g/mol. The van der Waals surface area contributed by atoms with Gasteiger partial charge in [-0.3, -0.25) is 0 Å². The van der Waals surface area contributed by atoms with Crippen LogP contribution in [0.4, 0.5) is 21.9 Å². The minimum atomic E-state index is -0.364. The number of nitrogens with two attached hydrogens (primary N) is 1. The molecule has 1 amide bonds. The van der Waals surface area contributed by atoms with Crippen LogP contribution in [0.15, 0.2) is 30.3 Å². The number of unbranched alkanes of at least 4 members (excludes halogenated alkanes) is 1. The molecule has 1 aromatic carbocycles. The molecule has 0 saturated heterocycles. The summed E-state index contributed by atoms with van der Waals surface area (Å²) in [7, 11) is 0. The van der Waals surface area contributed by atoms with Gasteiger partial charge in [0.2, 0.25) is 0 Å². The quantitative estimate of drug-likeness (QED) is 0.468. The molecule has 140 valence electrons. The standard InChI is InChI=1S/C19H25ClN4O2/c1-3-4-10-22-19(25)26-11-9-14-5-7-15(8-6-14)24-16-12-13(2)23-18(20)17(16)21/h5-8,12H,3-4,9-11,21H2,1-2H3,(H,22,25)(H,23,24). The Morgan fingerprint density at radius 3 is 2.73 bits per heavy atom. The van der Waals surface area contributed by atoms with Gasteiger partial charge in [0.25, 0.3) is 0 Å². The van der Waals surface area contributed by atoms with Gasteiger partial charge in [0, 0.05) is 24.3 Å². The molecule has 0 saturated carbocycles. The van der Waals surface area contributed by atoms with Crippen LogP contribution in [0.25, 0.3) is 0 Å². The Morgan fingerprint density at radius 1 is 1.31 bits per heavy atom. The van der Waals surface area contributed by atoms with Crippen molar-refractivity contribution in [1.82, 2.24) is 10.3 Å². The summed E-state index contributed by atoms with van der Waals surface area (Å²) < 4.78 is 5.16. The first-order chi connectivity index (χ1) is 12.5. The van der Waals surface area contributed by atoms with Crippen LogP contribution in [0.5, 0.6) is 0 Å². The number of anilines is 3. The molecule has 0 aliphatic carbocycles. The van der Waals surface area contributed by atoms with Crippen LogP contribution in [0.1, 0.15) is 31.0 Å². The van der Waals surface area contributed by atoms with E-state index in [0.29, 0.717) is 30.4 Å². The molecule has 6 nitrogen and oxygen atoms in total. The Hall–Kier alpha value is -2.47. The molecule has 0 aliphatic rings. The number of pyridine rings is 1. The Kier molecular flexibility index (Phi) is 7.53. The van der Waals surface area contributed by atoms with Gasteiger partial charge < -0.3 is 21.1 Å². The Morgan fingerprint density at radius 2 is 2.04 bits per heavy atom. The van der Waals surface area contributed by atoms with Crippen LogP contribution in [0, 0.1) is 6.92 Å². The number of carbonyl (C=O) groups is 1. The van der Waals surface area contributed by atoms with Crippen molar-refractivity contribution in [3.63, 3.8) is 0 Å². The van der Waals surface area contributed by atoms with Crippen molar-refractivity contribution in [2.45, 2.75) is 33.1 Å². The Bertz CT molecular complexity index is 735. The van der Waals surface area contributed by atoms with E-state index in [9.17, 15) is 4.79 Å². The number of nitrogen functional groups attached to an aromatic ring is 1. The molecule has 1 aromatic heterocycles. The first-order valence-corrected chi connectivity index (χ1v) is 9.06. The number of nitrogens with one attached hydrogen (secondary N) is 2. The number of carbonyl (C=O) groups excluding carboxylic acids is 1. The summed E-state index contributed by atoms with van der Waals surface area (Å²) in [5.74, 6) is 0. The molecule has 0 atom stereocenters. The van der Waals surface area contributed by atoms with E-state index in [-0.39, 0.29) is 6.09 Å². The fourth-order valence-electron chi connectivity index (χ4n) is 2.34. The smallest absolute Gasteiger partial charge is 0.407 e. The second kappa shape index (κ2) is 9.87. The lowest BCUT2D eigenvalue weighted by molar-refractivity contribution is 0.147. The topological polar surface area (TPSA) is 89.3 Å². The van der Waals surface area contributed by atoms with Gasteiger partial charge >= 0.3 is 6.09 Å². The maximum absolute atomic E-state index is 11.5. The van der Waals surface area contributed by atoms with E-state index < -0.39 is 0 Å². The predicted molar refractivity (Wildman–Crippen MR) is 106 cm³/mol. The molecule has 0 unspecified atom stereocenters. The summed E-state index contributed by atoms with van der Waals surface area (Å²) in [5.41, 5.74) is 9.86. The van der Waals surface area contributed by atoms with E-state index in [0.717, 1.165) is 35.5 Å². The van der Waals surface area contributed by atoms with Crippen LogP contribution >= 0.6 is 11.6 Å². The van der Waals surface area contributed by atoms with E-state index in [1.807, 2.05) is 37.3 Å². The fourth-order valence-corrected chi connectivity index (χ4v) is 2.57. The number of benzene rings is 1. The van der Waals surface area contributed by atoms with Crippen LogP contribution < -0.4 is 16.4 Å². The molecule has 0 spiro atoms. The highest BCUT2D eigenvalue weighted by Gasteiger charge is 2.07. The molecule has 4 N–H and O–H groups in total. The highest BCUT2D eigenvalue weighted by molar-refractivity contribution is 6.32. The van der Waals surface area contributed by atoms with E-state index in [1.165, 1.54) is 0 Å². The SMILES string of the molecule is CCCCNC(=O)OCCc1ccc(Nc2cc(C)nc(Cl)c2N)cc1. The molecule has 0 bridgehead atoms. The molecule has 1 heterocycles. The number of ether oxygens (including phenoxy) is 1. The third kappa shape index (κ3) is 6.11. The van der Waals surface area contributed by atoms with Crippen LogP contribution in [-0.4, -0.2) is 24.2 Å². The summed E-state index contributed by atoms with van der Waals surface area (Å²) in [4.78, 5) is 15.6. The average Bonchev–Trinajstić information content (AvgIpc) is 2.61. The molecule has 7 heteroatoms. The fraction of sp³-hybridized carbons (Fsp3) is 0.368. The number of amides is 1. The number of hydrogen-bond acceptors (Lipinski definition) is 5. The largest absolute Gasteiger partial charge is 0.449 e. The lowest BCUT2D eigenvalue weighted by atomic mass is 10.1. The van der Waals surface area contributed by atoms with Gasteiger partial charge in [-0.25, -0.2) is 9.78 Å². The highest BCUT2D eigenvalue weighted by atomic mass is 35.5. The molecule has 0 fully saturated rings. The number of alkyl carbamates (subject to hydrolysis) is 1. The van der Waals surface area contributed by atoms with Crippen molar-refractivity contribution < 1.29 is 9.53 Å². The van der Waals surface area contributed by atoms with Crippen molar-refractivity contribution in [2.75, 3.05) is 24.2 Å². The minimum Gasteiger partial charge on any atom is -0.449 e. The molecule has 2 aromatic rings. The first-order valence-electron chi connectivity index (χ1n) is 8.68. The zero-order valence-corrected chi connectivity index (χ0v) is 15.9. The van der Waals surface area contributed by atoms with Crippen molar-refractivity contribution in [2.24, 2.45) is 0 Å². The van der Waals surface area contributed by atoms with Gasteiger partial charge in [-0.15, -0.1) is 0 Å². The second-order valence-corrected chi connectivity index (χ2v) is 6.36. The predicted octanol–water partition coefficient (Wildman–Crippen LogP) is 4.44. The summed E-state index contributed by atoms with van der Waals surface area (Å²) in [6, 6.07) is 9.69. The lowest BCUT2D eigenvalue weighted by Crippen LogP contribution is -2.25. The average molecular weight is 377 g/mol. The van der Waals surface area contributed by atoms with Gasteiger partial charge in [0.1, 0.15) is 0 Å². The van der Waals surface area contributed by atoms with E-state index in [1.54, 1.807) is 0 Å². The molecule has 0 aliphatic heterocycles. The van der Waals surface area contributed by atoms with Crippen molar-refractivity contribution in [3.05, 3.63) is 46.7 Å². The first kappa shape index (κ1) is 19.8. The molecule has 2 rings (SSSR count). The maximum atomic E-state index is 11.5. The lowest BCUT2D eigenvalue weighted by Gasteiger charge is -2.12. The van der Waals surface area contributed by atoms with Crippen LogP contribution in [0.2, 0.25) is 5.15 Å². The zero-order valence-electron chi connectivity index (χ0n) is 15.1. The van der Waals surface area contributed by atoms with E-state index in [2.05, 4.69) is 22.5 Å². The monoisotopic (exact) mass is 376 g/mol. The van der Waals surface area contributed by atoms with Gasteiger partial charge in [-0.05, 0) is 37.1 Å². The van der Waals surface area contributed by atoms with Gasteiger partial charge in [-0.2, -0.15) is 0 Å². The Balaban J connectivity index is 1.84.